The zero-order valence-electron chi connectivity index (χ0n) is 18.6. The molecule has 11 heteroatoms. The van der Waals surface area contributed by atoms with E-state index in [-0.39, 0.29) is 18.8 Å². The predicted octanol–water partition coefficient (Wildman–Crippen LogP) is 5.61. The fourth-order valence-corrected chi connectivity index (χ4v) is 5.01. The van der Waals surface area contributed by atoms with E-state index in [0.717, 1.165) is 19.2 Å². The molecule has 2 aromatic rings. The first-order chi connectivity index (χ1) is 15.6. The van der Waals surface area contributed by atoms with Gasteiger partial charge in [-0.05, 0) is 26.0 Å². The molecule has 0 aliphatic heterocycles. The van der Waals surface area contributed by atoms with Crippen molar-refractivity contribution in [3.05, 3.63) is 65.7 Å². The molecule has 2 aromatic carbocycles. The number of carbonyl (C=O) groups excluding carboxylic acids is 1. The molecular weight excluding hydrogens is 464 g/mol. The van der Waals surface area contributed by atoms with E-state index in [0.29, 0.717) is 5.75 Å². The Kier molecular flexibility index (Phi) is 9.08. The number of alkyl halides is 3. The van der Waals surface area contributed by atoms with E-state index in [1.165, 1.54) is 63.4 Å². The minimum atomic E-state index is -5.20. The lowest BCUT2D eigenvalue weighted by atomic mass is 9.92. The van der Waals surface area contributed by atoms with E-state index in [2.05, 4.69) is 0 Å². The van der Waals surface area contributed by atoms with Gasteiger partial charge in [0, 0.05) is 18.2 Å². The largest absolute Gasteiger partial charge is 0.497 e. The van der Waals surface area contributed by atoms with E-state index in [9.17, 15) is 22.5 Å². The van der Waals surface area contributed by atoms with Crippen molar-refractivity contribution in [1.82, 2.24) is 0 Å². The van der Waals surface area contributed by atoms with Crippen LogP contribution >= 0.6 is 7.60 Å². The monoisotopic (exact) mass is 490 g/mol. The number of ether oxygens (including phenoxy) is 3. The lowest BCUT2D eigenvalue weighted by Gasteiger charge is -2.35. The van der Waals surface area contributed by atoms with Crippen molar-refractivity contribution in [2.45, 2.75) is 31.5 Å². The third kappa shape index (κ3) is 5.58. The summed E-state index contributed by atoms with van der Waals surface area (Å²) < 4.78 is 82.1. The molecule has 0 heterocycles. The Morgan fingerprint density at radius 3 is 1.91 bits per heavy atom. The quantitative estimate of drug-likeness (QED) is 0.299. The number of carbonyl (C=O) groups is 1. The molecule has 182 valence electrons. The number of methoxy groups -OCH3 is 2. The van der Waals surface area contributed by atoms with E-state index < -0.39 is 36.8 Å². The molecule has 2 atom stereocenters. The maximum atomic E-state index is 14.3. The lowest BCUT2D eigenvalue weighted by molar-refractivity contribution is -0.277. The standard InChI is InChI=1S/C22H26F3O7P/c1-5-30-33(27,31-6-2)19(16-12-14-18(28-3)15-13-16)32-20(26)21(29-4,22(23,24)25)17-10-8-7-9-11-17/h7-15,19H,5-6H2,1-4H3/t19-,21-/m1/s1. The third-order valence-corrected chi connectivity index (χ3v) is 6.91. The van der Waals surface area contributed by atoms with Crippen LogP contribution in [0.4, 0.5) is 13.2 Å². The predicted molar refractivity (Wildman–Crippen MR) is 114 cm³/mol. The van der Waals surface area contributed by atoms with Gasteiger partial charge in [-0.15, -0.1) is 0 Å². The molecule has 0 amide bonds. The van der Waals surface area contributed by atoms with Crippen LogP contribution in [-0.2, 0) is 33.5 Å². The second-order valence-corrected chi connectivity index (χ2v) is 8.72. The van der Waals surface area contributed by atoms with Gasteiger partial charge in [-0.3, -0.25) is 4.57 Å². The molecule has 33 heavy (non-hydrogen) atoms. The van der Waals surface area contributed by atoms with Crippen LogP contribution in [0.2, 0.25) is 0 Å². The highest BCUT2D eigenvalue weighted by Gasteiger charge is 2.65. The molecule has 0 spiro atoms. The molecule has 7 nitrogen and oxygen atoms in total. The van der Waals surface area contributed by atoms with Crippen molar-refractivity contribution in [2.24, 2.45) is 0 Å². The van der Waals surface area contributed by atoms with Gasteiger partial charge < -0.3 is 23.3 Å². The SMILES string of the molecule is CCOP(=O)(OCC)[C@@H](OC(=O)[C@](OC)(c1ccccc1)C(F)(F)F)c1ccc(OC)cc1. The van der Waals surface area contributed by atoms with Crippen LogP contribution in [0.25, 0.3) is 0 Å². The van der Waals surface area contributed by atoms with E-state index in [1.807, 2.05) is 0 Å². The summed E-state index contributed by atoms with van der Waals surface area (Å²) >= 11 is 0. The van der Waals surface area contributed by atoms with E-state index >= 15 is 0 Å². The Balaban J connectivity index is 2.63. The second kappa shape index (κ2) is 11.2. The number of esters is 1. The van der Waals surface area contributed by atoms with Crippen molar-refractivity contribution in [3.63, 3.8) is 0 Å². The minimum absolute atomic E-state index is 0.0922. The summed E-state index contributed by atoms with van der Waals surface area (Å²) in [6, 6.07) is 12.1. The zero-order chi connectivity index (χ0) is 24.7. The maximum Gasteiger partial charge on any atom is 0.432 e. The van der Waals surface area contributed by atoms with Gasteiger partial charge >= 0.3 is 19.7 Å². The van der Waals surface area contributed by atoms with Crippen molar-refractivity contribution >= 4 is 13.6 Å². The van der Waals surface area contributed by atoms with Gasteiger partial charge in [0.25, 0.3) is 5.60 Å². The van der Waals surface area contributed by atoms with Gasteiger partial charge in [0.05, 0.1) is 20.3 Å². The highest BCUT2D eigenvalue weighted by atomic mass is 31.2. The fourth-order valence-electron chi connectivity index (χ4n) is 3.19. The summed E-state index contributed by atoms with van der Waals surface area (Å²) in [6.07, 6.45) is -5.20. The Bertz CT molecular complexity index is 941. The summed E-state index contributed by atoms with van der Waals surface area (Å²) in [5, 5.41) is 0. The van der Waals surface area contributed by atoms with Gasteiger partial charge in [-0.1, -0.05) is 42.5 Å². The highest BCUT2D eigenvalue weighted by Crippen LogP contribution is 2.62. The van der Waals surface area contributed by atoms with Gasteiger partial charge in [0.1, 0.15) is 5.75 Å². The Labute approximate surface area is 190 Å². The molecule has 2 rings (SSSR count). The molecular formula is C22H26F3O7P. The minimum Gasteiger partial charge on any atom is -0.497 e. The zero-order valence-corrected chi connectivity index (χ0v) is 19.5. The first-order valence-corrected chi connectivity index (χ1v) is 11.6. The van der Waals surface area contributed by atoms with Crippen molar-refractivity contribution in [3.8, 4) is 5.75 Å². The van der Waals surface area contributed by atoms with Crippen LogP contribution < -0.4 is 4.74 Å². The second-order valence-electron chi connectivity index (χ2n) is 6.66. The summed E-state index contributed by atoms with van der Waals surface area (Å²) in [5.74, 6) is -3.18. The van der Waals surface area contributed by atoms with Crippen LogP contribution in [0.1, 0.15) is 30.8 Å². The Morgan fingerprint density at radius 1 is 0.939 bits per heavy atom. The summed E-state index contributed by atoms with van der Waals surface area (Å²) in [6.45, 7) is 2.85. The molecule has 0 saturated heterocycles. The topological polar surface area (TPSA) is 80.3 Å². The van der Waals surface area contributed by atoms with Gasteiger partial charge in [0.2, 0.25) is 5.85 Å². The Morgan fingerprint density at radius 2 is 1.48 bits per heavy atom. The molecule has 0 bridgehead atoms. The summed E-state index contributed by atoms with van der Waals surface area (Å²) in [4.78, 5) is 13.2. The van der Waals surface area contributed by atoms with Crippen LogP contribution in [0.3, 0.4) is 0 Å². The van der Waals surface area contributed by atoms with Crippen molar-refractivity contribution in [2.75, 3.05) is 27.4 Å². The average molecular weight is 490 g/mol. The number of halogens is 3. The van der Waals surface area contributed by atoms with Gasteiger partial charge in [0.15, 0.2) is 0 Å². The van der Waals surface area contributed by atoms with Gasteiger partial charge in [-0.25, -0.2) is 4.79 Å². The maximum absolute atomic E-state index is 14.3. The van der Waals surface area contributed by atoms with Crippen molar-refractivity contribution < 1.29 is 45.8 Å². The number of hydrogen-bond acceptors (Lipinski definition) is 7. The first-order valence-electron chi connectivity index (χ1n) is 10.0. The molecule has 0 fully saturated rings. The first kappa shape index (κ1) is 26.9. The fraction of sp³-hybridized carbons (Fsp3) is 0.409. The van der Waals surface area contributed by atoms with E-state index in [1.54, 1.807) is 0 Å². The van der Waals surface area contributed by atoms with Gasteiger partial charge in [-0.2, -0.15) is 13.2 Å². The van der Waals surface area contributed by atoms with E-state index in [4.69, 9.17) is 23.3 Å². The molecule has 0 N–H and O–H groups in total. The van der Waals surface area contributed by atoms with Crippen molar-refractivity contribution in [1.29, 1.82) is 0 Å². The third-order valence-electron chi connectivity index (χ3n) is 4.70. The number of benzene rings is 2. The van der Waals surface area contributed by atoms with Crippen LogP contribution in [0.5, 0.6) is 5.75 Å². The van der Waals surface area contributed by atoms with Crippen LogP contribution in [-0.4, -0.2) is 39.6 Å². The Hall–Kier alpha value is -2.39. The molecule has 0 aliphatic rings. The molecule has 0 unspecified atom stereocenters. The van der Waals surface area contributed by atoms with Crippen LogP contribution in [0.15, 0.2) is 54.6 Å². The summed E-state index contributed by atoms with van der Waals surface area (Å²) in [7, 11) is -2.09. The highest BCUT2D eigenvalue weighted by molar-refractivity contribution is 7.54. The molecule has 0 radical (unpaired) electrons. The average Bonchev–Trinajstić information content (AvgIpc) is 2.78. The molecule has 0 aromatic heterocycles. The summed E-state index contributed by atoms with van der Waals surface area (Å²) in [5.41, 5.74) is -3.88. The lowest BCUT2D eigenvalue weighted by Crippen LogP contribution is -2.52. The van der Waals surface area contributed by atoms with Crippen LogP contribution in [0, 0.1) is 0 Å². The number of hydrogen-bond donors (Lipinski definition) is 0. The molecule has 0 saturated carbocycles. The molecule has 0 aliphatic carbocycles. The number of rotatable bonds is 11. The smallest absolute Gasteiger partial charge is 0.432 e. The normalized spacial score (nSPS) is 14.9.